The summed E-state index contributed by atoms with van der Waals surface area (Å²) in [5.74, 6) is 1.39. The fourth-order valence-electron chi connectivity index (χ4n) is 2.84. The maximum absolute atomic E-state index is 13.1. The van der Waals surface area contributed by atoms with E-state index in [1.54, 1.807) is 43.5 Å². The fourth-order valence-corrected chi connectivity index (χ4v) is 2.84. The minimum atomic E-state index is -0.334. The highest BCUT2D eigenvalue weighted by molar-refractivity contribution is 5.65. The minimum absolute atomic E-state index is 0.165. The van der Waals surface area contributed by atoms with Crippen LogP contribution in [0.4, 0.5) is 0 Å². The van der Waals surface area contributed by atoms with Crippen molar-refractivity contribution in [2.45, 2.75) is 13.5 Å². The molecular formula is C23H22N2O3. The molecule has 0 aliphatic heterocycles. The first-order valence-electron chi connectivity index (χ1n) is 8.83. The second kappa shape index (κ2) is 8.39. The lowest BCUT2D eigenvalue weighted by molar-refractivity contribution is 0.412. The molecule has 0 saturated carbocycles. The summed E-state index contributed by atoms with van der Waals surface area (Å²) in [7, 11) is 1.59. The Morgan fingerprint density at radius 3 is 2.32 bits per heavy atom. The number of methoxy groups -OCH3 is 1. The van der Waals surface area contributed by atoms with Gasteiger partial charge >= 0.3 is 5.56 Å². The summed E-state index contributed by atoms with van der Waals surface area (Å²) in [5, 5.41) is 4.44. The van der Waals surface area contributed by atoms with Crippen molar-refractivity contribution in [1.29, 1.82) is 0 Å². The molecule has 0 spiro atoms. The number of rotatable bonds is 7. The molecule has 0 fully saturated rings. The lowest BCUT2D eigenvalue weighted by atomic mass is 10.1. The van der Waals surface area contributed by atoms with Crippen molar-refractivity contribution in [2.24, 2.45) is 0 Å². The molecule has 3 aromatic rings. The van der Waals surface area contributed by atoms with Crippen LogP contribution in [0, 0.1) is 6.92 Å². The van der Waals surface area contributed by atoms with E-state index in [2.05, 4.69) is 18.3 Å². The third kappa shape index (κ3) is 3.88. The van der Waals surface area contributed by atoms with Gasteiger partial charge < -0.3 is 9.47 Å². The minimum Gasteiger partial charge on any atom is -0.497 e. The summed E-state index contributed by atoms with van der Waals surface area (Å²) < 4.78 is 12.5. The largest absolute Gasteiger partial charge is 0.497 e. The Morgan fingerprint density at radius 1 is 1.04 bits per heavy atom. The molecule has 3 rings (SSSR count). The van der Waals surface area contributed by atoms with Crippen molar-refractivity contribution in [1.82, 2.24) is 9.78 Å². The summed E-state index contributed by atoms with van der Waals surface area (Å²) in [5.41, 5.74) is 2.80. The summed E-state index contributed by atoms with van der Waals surface area (Å²) in [6.07, 6.45) is 3.15. The van der Waals surface area contributed by atoms with Crippen molar-refractivity contribution in [3.05, 3.63) is 94.4 Å². The summed E-state index contributed by atoms with van der Waals surface area (Å²) in [6.45, 7) is 9.95. The van der Waals surface area contributed by atoms with Gasteiger partial charge in [-0.25, -0.2) is 4.68 Å². The monoisotopic (exact) mass is 374 g/mol. The molecule has 0 bridgehead atoms. The lowest BCUT2D eigenvalue weighted by Gasteiger charge is -2.15. The molecule has 0 atom stereocenters. The molecule has 0 N–H and O–H groups in total. The number of hydrogen-bond acceptors (Lipinski definition) is 4. The fraction of sp³-hybridized carbons (Fsp3) is 0.130. The van der Waals surface area contributed by atoms with E-state index in [0.29, 0.717) is 29.3 Å². The van der Waals surface area contributed by atoms with Gasteiger partial charge in [-0.1, -0.05) is 43.5 Å². The molecule has 0 radical (unpaired) electrons. The first-order valence-corrected chi connectivity index (χ1v) is 8.83. The lowest BCUT2D eigenvalue weighted by Crippen LogP contribution is -2.26. The molecule has 5 heteroatoms. The zero-order valence-corrected chi connectivity index (χ0v) is 16.0. The van der Waals surface area contributed by atoms with Crippen molar-refractivity contribution in [3.8, 4) is 17.2 Å². The van der Waals surface area contributed by atoms with Crippen LogP contribution in [0.2, 0.25) is 0 Å². The van der Waals surface area contributed by atoms with Crippen molar-refractivity contribution < 1.29 is 9.47 Å². The highest BCUT2D eigenvalue weighted by atomic mass is 16.5. The van der Waals surface area contributed by atoms with Gasteiger partial charge in [0.2, 0.25) is 5.75 Å². The Bertz CT molecular complexity index is 1070. The predicted molar refractivity (Wildman–Crippen MR) is 112 cm³/mol. The number of benzene rings is 2. The maximum atomic E-state index is 13.1. The van der Waals surface area contributed by atoms with E-state index in [0.717, 1.165) is 11.1 Å². The number of nitrogens with zero attached hydrogens (tertiary/aromatic N) is 2. The van der Waals surface area contributed by atoms with E-state index in [4.69, 9.17) is 9.47 Å². The van der Waals surface area contributed by atoms with E-state index in [1.165, 1.54) is 4.68 Å². The van der Waals surface area contributed by atoms with Crippen LogP contribution < -0.4 is 15.0 Å². The quantitative estimate of drug-likeness (QED) is 0.602. The van der Waals surface area contributed by atoms with Crippen LogP contribution >= 0.6 is 0 Å². The second-order valence-electron chi connectivity index (χ2n) is 6.20. The molecule has 28 heavy (non-hydrogen) atoms. The normalized spacial score (nSPS) is 10.4. The Morgan fingerprint density at radius 2 is 1.71 bits per heavy atom. The molecule has 2 aromatic carbocycles. The van der Waals surface area contributed by atoms with Gasteiger partial charge in [-0.05, 0) is 48.4 Å². The molecule has 0 aliphatic carbocycles. The highest BCUT2D eigenvalue weighted by Gasteiger charge is 2.17. The predicted octanol–water partition coefficient (Wildman–Crippen LogP) is 4.69. The van der Waals surface area contributed by atoms with E-state index in [9.17, 15) is 4.79 Å². The average Bonchev–Trinajstić information content (AvgIpc) is 2.72. The standard InChI is InChI=1S/C23H22N2O3/c1-5-20-21(6-2)24-25(15-17-10-8-7-9-16(17)3)23(26)22(20)28-19-13-11-18(27-4)12-14-19/h5-14H,1-2,15H2,3-4H3. The SMILES string of the molecule is C=Cc1nn(Cc2ccccc2C)c(=O)c(Oc2ccc(OC)cc2)c1C=C. The van der Waals surface area contributed by atoms with Crippen LogP contribution in [-0.4, -0.2) is 16.9 Å². The Balaban J connectivity index is 2.08. The number of aromatic nitrogens is 2. The van der Waals surface area contributed by atoms with Crippen molar-refractivity contribution >= 4 is 12.2 Å². The average molecular weight is 374 g/mol. The topological polar surface area (TPSA) is 53.4 Å². The first-order chi connectivity index (χ1) is 13.6. The van der Waals surface area contributed by atoms with Gasteiger partial charge in [0.1, 0.15) is 11.5 Å². The molecule has 0 amide bonds. The molecule has 142 valence electrons. The van der Waals surface area contributed by atoms with E-state index in [1.807, 2.05) is 31.2 Å². The van der Waals surface area contributed by atoms with Crippen LogP contribution in [0.3, 0.4) is 0 Å². The van der Waals surface area contributed by atoms with Gasteiger partial charge in [-0.15, -0.1) is 0 Å². The van der Waals surface area contributed by atoms with Crippen LogP contribution in [0.25, 0.3) is 12.2 Å². The van der Waals surface area contributed by atoms with Crippen molar-refractivity contribution in [2.75, 3.05) is 7.11 Å². The van der Waals surface area contributed by atoms with Gasteiger partial charge in [0.15, 0.2) is 0 Å². The third-order valence-corrected chi connectivity index (χ3v) is 4.44. The molecule has 0 saturated heterocycles. The Hall–Kier alpha value is -3.60. The van der Waals surface area contributed by atoms with Gasteiger partial charge in [0, 0.05) is 5.56 Å². The summed E-state index contributed by atoms with van der Waals surface area (Å²) in [4.78, 5) is 13.1. The second-order valence-corrected chi connectivity index (χ2v) is 6.20. The molecule has 1 heterocycles. The summed E-state index contributed by atoms with van der Waals surface area (Å²) >= 11 is 0. The van der Waals surface area contributed by atoms with Gasteiger partial charge in [0.25, 0.3) is 0 Å². The smallest absolute Gasteiger partial charge is 0.310 e. The molecule has 5 nitrogen and oxygen atoms in total. The third-order valence-electron chi connectivity index (χ3n) is 4.44. The van der Waals surface area contributed by atoms with Gasteiger partial charge in [-0.2, -0.15) is 5.10 Å². The van der Waals surface area contributed by atoms with Crippen LogP contribution in [0.5, 0.6) is 17.2 Å². The zero-order valence-electron chi connectivity index (χ0n) is 16.0. The molecule has 0 aliphatic rings. The van der Waals surface area contributed by atoms with Crippen LogP contribution in [0.15, 0.2) is 66.5 Å². The van der Waals surface area contributed by atoms with Gasteiger partial charge in [-0.3, -0.25) is 4.79 Å². The Kier molecular flexibility index (Phi) is 5.75. The van der Waals surface area contributed by atoms with E-state index in [-0.39, 0.29) is 11.3 Å². The number of ether oxygens (including phenoxy) is 2. The van der Waals surface area contributed by atoms with Crippen LogP contribution in [-0.2, 0) is 6.54 Å². The molecule has 0 unspecified atom stereocenters. The summed E-state index contributed by atoms with van der Waals surface area (Å²) in [6, 6.07) is 14.9. The number of aryl methyl sites for hydroxylation is 1. The highest BCUT2D eigenvalue weighted by Crippen LogP contribution is 2.26. The van der Waals surface area contributed by atoms with Crippen molar-refractivity contribution in [3.63, 3.8) is 0 Å². The van der Waals surface area contributed by atoms with Crippen LogP contribution in [0.1, 0.15) is 22.4 Å². The van der Waals surface area contributed by atoms with Gasteiger partial charge in [0.05, 0.1) is 19.3 Å². The Labute approximate surface area is 164 Å². The van der Waals surface area contributed by atoms with E-state index >= 15 is 0 Å². The number of hydrogen-bond donors (Lipinski definition) is 0. The first kappa shape index (κ1) is 19.2. The maximum Gasteiger partial charge on any atom is 0.310 e. The zero-order chi connectivity index (χ0) is 20.1. The van der Waals surface area contributed by atoms with E-state index < -0.39 is 0 Å². The molecular weight excluding hydrogens is 352 g/mol. The molecule has 1 aromatic heterocycles.